The Kier molecular flexibility index (Phi) is 6.47. The van der Waals surface area contributed by atoms with Crippen LogP contribution in [0.4, 0.5) is 4.79 Å². The van der Waals surface area contributed by atoms with E-state index < -0.39 is 24.1 Å². The molecule has 0 radical (unpaired) electrons. The molecule has 0 bridgehead atoms. The Bertz CT molecular complexity index is 1090. The smallest absolute Gasteiger partial charge is 0.407 e. The molecule has 1 saturated carbocycles. The molecule has 8 nitrogen and oxygen atoms in total. The average Bonchev–Trinajstić information content (AvgIpc) is 3.44. The number of rotatable bonds is 5. The number of nitrogens with zero attached hydrogens (tertiary/aromatic N) is 1. The van der Waals surface area contributed by atoms with E-state index in [9.17, 15) is 24.6 Å². The second-order valence-electron chi connectivity index (χ2n) is 9.84. The van der Waals surface area contributed by atoms with Crippen LogP contribution < -0.4 is 5.32 Å². The summed E-state index contributed by atoms with van der Waals surface area (Å²) in [5.41, 5.74) is 4.64. The van der Waals surface area contributed by atoms with E-state index in [1.165, 1.54) is 16.0 Å². The zero-order valence-corrected chi connectivity index (χ0v) is 19.4. The van der Waals surface area contributed by atoms with Crippen LogP contribution in [0.25, 0.3) is 11.1 Å². The number of ether oxygens (including phenoxy) is 1. The third-order valence-electron chi connectivity index (χ3n) is 7.54. The summed E-state index contributed by atoms with van der Waals surface area (Å²) in [6.07, 6.45) is 0.578. The highest BCUT2D eigenvalue weighted by Crippen LogP contribution is 2.44. The number of carboxylic acid groups (broad SMARTS) is 1. The fourth-order valence-electron chi connectivity index (χ4n) is 5.83. The summed E-state index contributed by atoms with van der Waals surface area (Å²) in [4.78, 5) is 38.4. The summed E-state index contributed by atoms with van der Waals surface area (Å²) in [5, 5.41) is 22.2. The van der Waals surface area contributed by atoms with E-state index in [1.807, 2.05) is 24.3 Å². The molecular weight excluding hydrogens is 448 g/mol. The van der Waals surface area contributed by atoms with Crippen LogP contribution in [-0.2, 0) is 14.3 Å². The summed E-state index contributed by atoms with van der Waals surface area (Å²) >= 11 is 0. The van der Waals surface area contributed by atoms with Gasteiger partial charge in [-0.2, -0.15) is 0 Å². The van der Waals surface area contributed by atoms with Gasteiger partial charge in [0.2, 0.25) is 5.91 Å². The second-order valence-corrected chi connectivity index (χ2v) is 9.84. The van der Waals surface area contributed by atoms with E-state index in [0.717, 1.165) is 11.1 Å². The van der Waals surface area contributed by atoms with Gasteiger partial charge < -0.3 is 25.2 Å². The van der Waals surface area contributed by atoms with Crippen molar-refractivity contribution >= 4 is 18.0 Å². The number of piperidine rings is 1. The molecule has 5 rings (SSSR count). The maximum Gasteiger partial charge on any atom is 0.407 e. The summed E-state index contributed by atoms with van der Waals surface area (Å²) in [5.74, 6) is -2.21. The number of likely N-dealkylation sites (tertiary alicyclic amines) is 1. The highest BCUT2D eigenvalue weighted by atomic mass is 16.5. The first kappa shape index (κ1) is 23.4. The van der Waals surface area contributed by atoms with Gasteiger partial charge in [-0.15, -0.1) is 0 Å². The number of benzene rings is 2. The average molecular weight is 479 g/mol. The minimum Gasteiger partial charge on any atom is -0.481 e. The van der Waals surface area contributed by atoms with E-state index in [1.54, 1.807) is 0 Å². The van der Waals surface area contributed by atoms with Gasteiger partial charge in [-0.05, 0) is 47.9 Å². The maximum atomic E-state index is 13.0. The molecule has 2 aliphatic carbocycles. The topological polar surface area (TPSA) is 116 Å². The highest BCUT2D eigenvalue weighted by molar-refractivity contribution is 5.81. The number of hydrogen-bond acceptors (Lipinski definition) is 5. The summed E-state index contributed by atoms with van der Waals surface area (Å²) in [6.45, 7) is 0.507. The summed E-state index contributed by atoms with van der Waals surface area (Å²) < 4.78 is 5.62. The lowest BCUT2D eigenvalue weighted by Crippen LogP contribution is -2.50. The van der Waals surface area contributed by atoms with Gasteiger partial charge in [-0.1, -0.05) is 48.5 Å². The summed E-state index contributed by atoms with van der Waals surface area (Å²) in [6, 6.07) is 16.1. The van der Waals surface area contributed by atoms with E-state index in [2.05, 4.69) is 29.6 Å². The standard InChI is InChI=1S/C27H30N2O6/c30-19-12-17(26(32)33)13-29(14-19)25(31)16-9-10-18(11-16)28-27(34)35-15-24-22-7-3-1-5-20(22)21-6-2-4-8-23(21)24/h1-8,16-19,24,30H,9-15H2,(H,28,34)(H,32,33). The van der Waals surface area contributed by atoms with Gasteiger partial charge in [0, 0.05) is 31.0 Å². The zero-order chi connectivity index (χ0) is 24.5. The number of alkyl carbamates (subject to hydrolysis) is 1. The number of β-amino-alcohol motifs (C(OH)–C–C–N with tert-alkyl or cyclic N) is 1. The van der Waals surface area contributed by atoms with E-state index >= 15 is 0 Å². The van der Waals surface area contributed by atoms with Crippen molar-refractivity contribution in [2.45, 2.75) is 43.7 Å². The Morgan fingerprint density at radius 1 is 0.914 bits per heavy atom. The number of carbonyl (C=O) groups excluding carboxylic acids is 2. The van der Waals surface area contributed by atoms with Crippen LogP contribution in [0.15, 0.2) is 48.5 Å². The van der Waals surface area contributed by atoms with Crippen molar-refractivity contribution in [1.29, 1.82) is 0 Å². The maximum absolute atomic E-state index is 13.0. The Labute approximate surface area is 203 Å². The number of fused-ring (bicyclic) bond motifs is 3. The largest absolute Gasteiger partial charge is 0.481 e. The van der Waals surface area contributed by atoms with Gasteiger partial charge in [-0.3, -0.25) is 9.59 Å². The fourth-order valence-corrected chi connectivity index (χ4v) is 5.83. The predicted octanol–water partition coefficient (Wildman–Crippen LogP) is 2.99. The van der Waals surface area contributed by atoms with Crippen LogP contribution >= 0.6 is 0 Å². The van der Waals surface area contributed by atoms with Crippen LogP contribution in [-0.4, -0.2) is 64.9 Å². The molecule has 2 aromatic rings. The molecule has 35 heavy (non-hydrogen) atoms. The number of aliphatic hydroxyl groups excluding tert-OH is 1. The lowest BCUT2D eigenvalue weighted by atomic mass is 9.94. The van der Waals surface area contributed by atoms with Gasteiger partial charge in [0.15, 0.2) is 0 Å². The SMILES string of the molecule is O=C(NC1CCC(C(=O)N2CC(O)CC(C(=O)O)C2)C1)OCC1c2ccccc2-c2ccccc21. The predicted molar refractivity (Wildman–Crippen MR) is 128 cm³/mol. The number of amides is 2. The Morgan fingerprint density at radius 2 is 1.57 bits per heavy atom. The second kappa shape index (κ2) is 9.70. The number of nitrogens with one attached hydrogen (secondary N) is 1. The molecule has 3 N–H and O–H groups in total. The molecule has 2 amide bonds. The van der Waals surface area contributed by atoms with Crippen LogP contribution in [0.2, 0.25) is 0 Å². The molecule has 0 aromatic heterocycles. The van der Waals surface area contributed by atoms with Crippen LogP contribution in [0, 0.1) is 11.8 Å². The van der Waals surface area contributed by atoms with Crippen molar-refractivity contribution in [2.75, 3.05) is 19.7 Å². The van der Waals surface area contributed by atoms with Crippen molar-refractivity contribution < 1.29 is 29.3 Å². The van der Waals surface area contributed by atoms with Gasteiger partial charge in [-0.25, -0.2) is 4.79 Å². The normalized spacial score (nSPS) is 25.6. The fraction of sp³-hybridized carbons (Fsp3) is 0.444. The Hall–Kier alpha value is -3.39. The molecule has 2 fully saturated rings. The minimum atomic E-state index is -0.997. The number of hydrogen-bond donors (Lipinski definition) is 3. The molecular formula is C27H30N2O6. The molecule has 1 heterocycles. The number of aliphatic carboxylic acids is 1. The van der Waals surface area contributed by atoms with E-state index in [0.29, 0.717) is 19.3 Å². The molecule has 4 unspecified atom stereocenters. The van der Waals surface area contributed by atoms with Crippen LogP contribution in [0.1, 0.15) is 42.7 Å². The quantitative estimate of drug-likeness (QED) is 0.609. The Balaban J connectivity index is 1.14. The monoisotopic (exact) mass is 478 g/mol. The van der Waals surface area contributed by atoms with Gasteiger partial charge in [0.05, 0.1) is 12.0 Å². The molecule has 3 aliphatic rings. The first-order chi connectivity index (χ1) is 16.9. The third kappa shape index (κ3) is 4.75. The molecule has 2 aromatic carbocycles. The van der Waals surface area contributed by atoms with Gasteiger partial charge >= 0.3 is 12.1 Å². The van der Waals surface area contributed by atoms with Crippen molar-refractivity contribution in [1.82, 2.24) is 10.2 Å². The summed E-state index contributed by atoms with van der Waals surface area (Å²) in [7, 11) is 0. The third-order valence-corrected chi connectivity index (χ3v) is 7.54. The first-order valence-electron chi connectivity index (χ1n) is 12.2. The van der Waals surface area contributed by atoms with Crippen molar-refractivity contribution in [2.24, 2.45) is 11.8 Å². The lowest BCUT2D eigenvalue weighted by Gasteiger charge is -2.35. The minimum absolute atomic E-state index is 0.0150. The lowest BCUT2D eigenvalue weighted by molar-refractivity contribution is -0.150. The number of carbonyl (C=O) groups is 3. The number of carboxylic acids is 1. The molecule has 8 heteroatoms. The van der Waals surface area contributed by atoms with Gasteiger partial charge in [0.1, 0.15) is 6.61 Å². The van der Waals surface area contributed by atoms with Crippen molar-refractivity contribution in [3.05, 3.63) is 59.7 Å². The molecule has 4 atom stereocenters. The Morgan fingerprint density at radius 3 is 2.23 bits per heavy atom. The van der Waals surface area contributed by atoms with E-state index in [4.69, 9.17) is 4.74 Å². The van der Waals surface area contributed by atoms with E-state index in [-0.39, 0.29) is 49.9 Å². The molecule has 0 spiro atoms. The van der Waals surface area contributed by atoms with Gasteiger partial charge in [0.25, 0.3) is 0 Å². The highest BCUT2D eigenvalue weighted by Gasteiger charge is 2.38. The van der Waals surface area contributed by atoms with Crippen LogP contribution in [0.5, 0.6) is 0 Å². The van der Waals surface area contributed by atoms with Crippen molar-refractivity contribution in [3.8, 4) is 11.1 Å². The van der Waals surface area contributed by atoms with Crippen molar-refractivity contribution in [3.63, 3.8) is 0 Å². The number of aliphatic hydroxyl groups is 1. The zero-order valence-electron chi connectivity index (χ0n) is 19.4. The molecule has 1 saturated heterocycles. The molecule has 184 valence electrons. The first-order valence-corrected chi connectivity index (χ1v) is 12.2. The molecule has 1 aliphatic heterocycles. The van der Waals surface area contributed by atoms with Crippen LogP contribution in [0.3, 0.4) is 0 Å².